The van der Waals surface area contributed by atoms with Crippen LogP contribution < -0.4 is 0 Å². The molecule has 1 unspecified atom stereocenters. The minimum atomic E-state index is -1.02. The van der Waals surface area contributed by atoms with Gasteiger partial charge >= 0.3 is 5.97 Å². The summed E-state index contributed by atoms with van der Waals surface area (Å²) in [5.74, 6) is 0.942. The van der Waals surface area contributed by atoms with Crippen molar-refractivity contribution in [3.05, 3.63) is 23.3 Å². The summed E-state index contributed by atoms with van der Waals surface area (Å²) in [5.41, 5.74) is 2.87. The first-order chi connectivity index (χ1) is 10.8. The van der Waals surface area contributed by atoms with Gasteiger partial charge in [0.1, 0.15) is 0 Å². The second-order valence-corrected chi connectivity index (χ2v) is 8.39. The van der Waals surface area contributed by atoms with Gasteiger partial charge in [-0.15, -0.1) is 0 Å². The van der Waals surface area contributed by atoms with Crippen LogP contribution in [0.15, 0.2) is 23.3 Å². The summed E-state index contributed by atoms with van der Waals surface area (Å²) < 4.78 is 4.83. The number of hydrogen-bond donors (Lipinski definition) is 1. The zero-order chi connectivity index (χ0) is 16.8. The molecule has 0 aromatic carbocycles. The lowest BCUT2D eigenvalue weighted by molar-refractivity contribution is -0.151. The van der Waals surface area contributed by atoms with Gasteiger partial charge in [0.05, 0.1) is 0 Å². The molecule has 0 spiro atoms. The number of carbonyl (C=O) groups is 1. The fraction of sp³-hybridized carbons (Fsp3) is 0.750. The van der Waals surface area contributed by atoms with Gasteiger partial charge in [-0.25, -0.2) is 4.79 Å². The monoisotopic (exact) mass is 318 g/mol. The fourth-order valence-corrected chi connectivity index (χ4v) is 5.38. The molecule has 3 rings (SSSR count). The van der Waals surface area contributed by atoms with E-state index in [1.807, 2.05) is 0 Å². The largest absolute Gasteiger partial charge is 0.429 e. The zero-order valence-corrected chi connectivity index (χ0v) is 14.9. The van der Waals surface area contributed by atoms with Gasteiger partial charge in [0.25, 0.3) is 0 Å². The minimum absolute atomic E-state index is 0.245. The van der Waals surface area contributed by atoms with Crippen LogP contribution in [0.25, 0.3) is 0 Å². The smallest absolute Gasteiger partial charge is 0.333 e. The molecule has 5 atom stereocenters. The van der Waals surface area contributed by atoms with Gasteiger partial charge in [-0.3, -0.25) is 0 Å². The van der Waals surface area contributed by atoms with Crippen LogP contribution in [-0.2, 0) is 9.53 Å². The lowest BCUT2D eigenvalue weighted by atomic mass is 9.47. The van der Waals surface area contributed by atoms with E-state index in [1.54, 1.807) is 5.57 Å². The molecule has 0 radical (unpaired) electrons. The van der Waals surface area contributed by atoms with Gasteiger partial charge in [0.2, 0.25) is 6.29 Å². The highest BCUT2D eigenvalue weighted by atomic mass is 16.6. The highest BCUT2D eigenvalue weighted by molar-refractivity contribution is 5.85. The third kappa shape index (κ3) is 2.67. The lowest BCUT2D eigenvalue weighted by Gasteiger charge is -2.58. The van der Waals surface area contributed by atoms with Gasteiger partial charge in [0, 0.05) is 11.6 Å². The van der Waals surface area contributed by atoms with Crippen LogP contribution in [0.2, 0.25) is 0 Å². The Morgan fingerprint density at radius 2 is 2.09 bits per heavy atom. The van der Waals surface area contributed by atoms with Gasteiger partial charge < -0.3 is 9.84 Å². The van der Waals surface area contributed by atoms with Crippen molar-refractivity contribution in [1.82, 2.24) is 0 Å². The number of cyclic esters (lactones) is 1. The third-order valence-corrected chi connectivity index (χ3v) is 7.39. The molecule has 3 heteroatoms. The molecular weight excluding hydrogens is 288 g/mol. The van der Waals surface area contributed by atoms with Crippen molar-refractivity contribution >= 4 is 5.97 Å². The summed E-state index contributed by atoms with van der Waals surface area (Å²) in [6.07, 6.45) is 9.63. The predicted octanol–water partition coefficient (Wildman–Crippen LogP) is 4.37. The first-order valence-corrected chi connectivity index (χ1v) is 9.04. The van der Waals surface area contributed by atoms with E-state index in [-0.39, 0.29) is 5.41 Å². The van der Waals surface area contributed by atoms with Crippen molar-refractivity contribution in [3.8, 4) is 0 Å². The number of fused-ring (bicyclic) bond motifs is 1. The first-order valence-electron chi connectivity index (χ1n) is 9.04. The van der Waals surface area contributed by atoms with E-state index >= 15 is 0 Å². The number of aliphatic hydroxyl groups excluding tert-OH is 1. The molecule has 0 saturated heterocycles. The summed E-state index contributed by atoms with van der Waals surface area (Å²) in [7, 11) is 0. The Morgan fingerprint density at radius 3 is 2.74 bits per heavy atom. The van der Waals surface area contributed by atoms with Crippen molar-refractivity contribution in [2.75, 3.05) is 0 Å². The molecule has 0 aromatic heterocycles. The summed E-state index contributed by atoms with van der Waals surface area (Å²) in [4.78, 5) is 11.3. The minimum Gasteiger partial charge on any atom is -0.429 e. The Bertz CT molecular complexity index is 561. The van der Waals surface area contributed by atoms with Crippen LogP contribution in [-0.4, -0.2) is 17.4 Å². The molecule has 3 aliphatic rings. The van der Waals surface area contributed by atoms with E-state index in [4.69, 9.17) is 4.74 Å². The Balaban J connectivity index is 1.82. The number of carbonyl (C=O) groups excluding carboxylic acids is 1. The second-order valence-electron chi connectivity index (χ2n) is 8.39. The molecule has 1 fully saturated rings. The predicted molar refractivity (Wildman–Crippen MR) is 90.5 cm³/mol. The maximum Gasteiger partial charge on any atom is 0.333 e. The number of esters is 1. The van der Waals surface area contributed by atoms with Crippen molar-refractivity contribution in [2.24, 2.45) is 22.7 Å². The second kappa shape index (κ2) is 5.77. The maximum atomic E-state index is 11.3. The van der Waals surface area contributed by atoms with E-state index in [1.165, 1.54) is 31.8 Å². The molecule has 0 aromatic rings. The van der Waals surface area contributed by atoms with Gasteiger partial charge in [-0.05, 0) is 68.1 Å². The quantitative estimate of drug-likeness (QED) is 0.621. The van der Waals surface area contributed by atoms with Crippen molar-refractivity contribution < 1.29 is 14.6 Å². The number of hydrogen-bond acceptors (Lipinski definition) is 3. The van der Waals surface area contributed by atoms with E-state index < -0.39 is 12.3 Å². The van der Waals surface area contributed by atoms with Crippen LogP contribution in [0.4, 0.5) is 0 Å². The molecule has 128 valence electrons. The SMILES string of the molecule is CC1=CCC[C@@H]2[C@@](C)(CCC3=CC(=O)OC3O)[C@H](C)CC[C@@]12C. The highest BCUT2D eigenvalue weighted by Crippen LogP contribution is 2.61. The zero-order valence-electron chi connectivity index (χ0n) is 14.9. The molecule has 1 saturated carbocycles. The van der Waals surface area contributed by atoms with Gasteiger partial charge in [0.15, 0.2) is 0 Å². The van der Waals surface area contributed by atoms with Gasteiger partial charge in [-0.1, -0.05) is 32.4 Å². The standard InChI is InChI=1S/C20H30O3/c1-13-6-5-7-16-19(13,3)10-8-14(2)20(16,4)11-9-15-12-17(21)23-18(15)22/h6,12,14,16,18,22H,5,7-11H2,1-4H3/t14-,16+,18?,19+,20+/m1/s1. The van der Waals surface area contributed by atoms with Crippen molar-refractivity contribution in [3.63, 3.8) is 0 Å². The number of allylic oxidation sites excluding steroid dienone is 2. The molecule has 0 amide bonds. The summed E-state index contributed by atoms with van der Waals surface area (Å²) >= 11 is 0. The Kier molecular flexibility index (Phi) is 4.20. The van der Waals surface area contributed by atoms with Gasteiger partial charge in [-0.2, -0.15) is 0 Å². The molecule has 1 aliphatic heterocycles. The van der Waals surface area contributed by atoms with Crippen molar-refractivity contribution in [2.45, 2.75) is 72.5 Å². The van der Waals surface area contributed by atoms with Crippen LogP contribution in [0, 0.1) is 22.7 Å². The number of rotatable bonds is 3. The van der Waals surface area contributed by atoms with E-state index in [2.05, 4.69) is 33.8 Å². The van der Waals surface area contributed by atoms with E-state index in [0.29, 0.717) is 17.3 Å². The van der Waals surface area contributed by atoms with Crippen molar-refractivity contribution in [1.29, 1.82) is 0 Å². The van der Waals surface area contributed by atoms with E-state index in [9.17, 15) is 9.90 Å². The third-order valence-electron chi connectivity index (χ3n) is 7.39. The number of ether oxygens (including phenoxy) is 1. The van der Waals surface area contributed by atoms with Crippen LogP contribution in [0.1, 0.15) is 66.2 Å². The number of aliphatic hydroxyl groups is 1. The first kappa shape index (κ1) is 16.8. The van der Waals surface area contributed by atoms with Crippen LogP contribution >= 0.6 is 0 Å². The maximum absolute atomic E-state index is 11.3. The van der Waals surface area contributed by atoms with Crippen LogP contribution in [0.3, 0.4) is 0 Å². The normalized spacial score (nSPS) is 43.5. The molecule has 1 N–H and O–H groups in total. The average Bonchev–Trinajstić information content (AvgIpc) is 2.82. The summed E-state index contributed by atoms with van der Waals surface area (Å²) in [6, 6.07) is 0. The molecule has 2 aliphatic carbocycles. The molecular formula is C20H30O3. The molecule has 0 bridgehead atoms. The Hall–Kier alpha value is -1.09. The summed E-state index contributed by atoms with van der Waals surface area (Å²) in [5, 5.41) is 9.84. The van der Waals surface area contributed by atoms with Crippen LogP contribution in [0.5, 0.6) is 0 Å². The summed E-state index contributed by atoms with van der Waals surface area (Å²) in [6.45, 7) is 9.57. The molecule has 1 heterocycles. The fourth-order valence-electron chi connectivity index (χ4n) is 5.38. The van der Waals surface area contributed by atoms with E-state index in [0.717, 1.165) is 18.4 Å². The topological polar surface area (TPSA) is 46.5 Å². The average molecular weight is 318 g/mol. The Labute approximate surface area is 139 Å². The highest BCUT2D eigenvalue weighted by Gasteiger charge is 2.53. The Morgan fingerprint density at radius 1 is 1.35 bits per heavy atom. The molecule has 23 heavy (non-hydrogen) atoms. The molecule has 3 nitrogen and oxygen atoms in total. The lowest BCUT2D eigenvalue weighted by Crippen LogP contribution is -2.49.